The highest BCUT2D eigenvalue weighted by atomic mass is 19.1. The number of methoxy groups -OCH3 is 1. The maximum Gasteiger partial charge on any atom is 0.131 e. The second-order valence-electron chi connectivity index (χ2n) is 4.85. The minimum absolute atomic E-state index is 0.104. The lowest BCUT2D eigenvalue weighted by Gasteiger charge is -2.19. The Morgan fingerprint density at radius 2 is 2.00 bits per heavy atom. The first-order chi connectivity index (χ1) is 9.22. The van der Waals surface area contributed by atoms with E-state index in [1.54, 1.807) is 7.11 Å². The van der Waals surface area contributed by atoms with Crippen molar-refractivity contribution in [2.24, 2.45) is 0 Å². The van der Waals surface area contributed by atoms with E-state index in [-0.39, 0.29) is 11.9 Å². The molecular formula is C16H26FNO. The SMILES string of the molecule is CCCCCCC(NCC)c1ccc(OC)cc1F. The molecule has 0 radical (unpaired) electrons. The van der Waals surface area contributed by atoms with Crippen molar-refractivity contribution in [1.82, 2.24) is 5.32 Å². The molecule has 1 rings (SSSR count). The van der Waals surface area contributed by atoms with Crippen LogP contribution in [0.2, 0.25) is 0 Å². The van der Waals surface area contributed by atoms with E-state index in [1.807, 2.05) is 12.1 Å². The Kier molecular flexibility index (Phi) is 7.49. The Bertz CT molecular complexity index is 368. The summed E-state index contributed by atoms with van der Waals surface area (Å²) < 4.78 is 19.1. The monoisotopic (exact) mass is 267 g/mol. The summed E-state index contributed by atoms with van der Waals surface area (Å²) in [4.78, 5) is 0. The molecule has 1 aromatic rings. The van der Waals surface area contributed by atoms with Gasteiger partial charge >= 0.3 is 0 Å². The molecule has 0 saturated heterocycles. The summed E-state index contributed by atoms with van der Waals surface area (Å²) in [5.41, 5.74) is 0.749. The molecule has 2 nitrogen and oxygen atoms in total. The fraction of sp³-hybridized carbons (Fsp3) is 0.625. The number of hydrogen-bond acceptors (Lipinski definition) is 2. The van der Waals surface area contributed by atoms with Crippen LogP contribution >= 0.6 is 0 Å². The Balaban J connectivity index is 2.69. The Hall–Kier alpha value is -1.09. The minimum Gasteiger partial charge on any atom is -0.497 e. The number of nitrogens with one attached hydrogen (secondary N) is 1. The van der Waals surface area contributed by atoms with Crippen LogP contribution < -0.4 is 10.1 Å². The molecule has 0 bridgehead atoms. The number of benzene rings is 1. The predicted molar refractivity (Wildman–Crippen MR) is 78.1 cm³/mol. The molecule has 19 heavy (non-hydrogen) atoms. The van der Waals surface area contributed by atoms with Gasteiger partial charge < -0.3 is 10.1 Å². The van der Waals surface area contributed by atoms with Crippen molar-refractivity contribution < 1.29 is 9.13 Å². The maximum atomic E-state index is 14.1. The first kappa shape index (κ1) is 16.0. The average molecular weight is 267 g/mol. The lowest BCUT2D eigenvalue weighted by atomic mass is 9.99. The van der Waals surface area contributed by atoms with E-state index in [4.69, 9.17) is 4.74 Å². The molecule has 0 aliphatic heterocycles. The molecule has 0 spiro atoms. The van der Waals surface area contributed by atoms with Gasteiger partial charge in [-0.1, -0.05) is 45.6 Å². The van der Waals surface area contributed by atoms with Crippen LogP contribution in [-0.4, -0.2) is 13.7 Å². The lowest BCUT2D eigenvalue weighted by molar-refractivity contribution is 0.407. The largest absolute Gasteiger partial charge is 0.497 e. The van der Waals surface area contributed by atoms with Crippen molar-refractivity contribution in [2.45, 2.75) is 52.0 Å². The molecule has 3 heteroatoms. The first-order valence-electron chi connectivity index (χ1n) is 7.29. The van der Waals surface area contributed by atoms with E-state index in [0.29, 0.717) is 5.75 Å². The molecule has 1 N–H and O–H groups in total. The molecule has 1 atom stereocenters. The van der Waals surface area contributed by atoms with Crippen LogP contribution in [0.5, 0.6) is 5.75 Å². The summed E-state index contributed by atoms with van der Waals surface area (Å²) in [5, 5.41) is 3.37. The topological polar surface area (TPSA) is 21.3 Å². The average Bonchev–Trinajstić information content (AvgIpc) is 2.42. The van der Waals surface area contributed by atoms with E-state index in [9.17, 15) is 4.39 Å². The molecule has 0 aliphatic carbocycles. The molecule has 1 aromatic carbocycles. The number of ether oxygens (including phenoxy) is 1. The maximum absolute atomic E-state index is 14.1. The van der Waals surface area contributed by atoms with E-state index in [0.717, 1.165) is 24.9 Å². The van der Waals surface area contributed by atoms with Gasteiger partial charge in [-0.05, 0) is 19.0 Å². The van der Waals surface area contributed by atoms with Crippen molar-refractivity contribution in [2.75, 3.05) is 13.7 Å². The van der Waals surface area contributed by atoms with Crippen molar-refractivity contribution in [3.63, 3.8) is 0 Å². The smallest absolute Gasteiger partial charge is 0.131 e. The van der Waals surface area contributed by atoms with Gasteiger partial charge in [-0.3, -0.25) is 0 Å². The fourth-order valence-corrected chi connectivity index (χ4v) is 2.31. The number of hydrogen-bond donors (Lipinski definition) is 1. The van der Waals surface area contributed by atoms with E-state index in [2.05, 4.69) is 19.2 Å². The molecule has 0 aliphatic rings. The normalized spacial score (nSPS) is 12.4. The van der Waals surface area contributed by atoms with Gasteiger partial charge in [0.05, 0.1) is 7.11 Å². The van der Waals surface area contributed by atoms with Crippen molar-refractivity contribution >= 4 is 0 Å². The second-order valence-corrected chi connectivity index (χ2v) is 4.85. The van der Waals surface area contributed by atoms with Crippen LogP contribution in [0.15, 0.2) is 18.2 Å². The number of rotatable bonds is 9. The van der Waals surface area contributed by atoms with Crippen LogP contribution in [0.25, 0.3) is 0 Å². The van der Waals surface area contributed by atoms with E-state index >= 15 is 0 Å². The molecular weight excluding hydrogens is 241 g/mol. The number of unbranched alkanes of at least 4 members (excludes halogenated alkanes) is 3. The molecule has 0 saturated carbocycles. The number of halogens is 1. The molecule has 0 fully saturated rings. The van der Waals surface area contributed by atoms with Crippen LogP contribution in [-0.2, 0) is 0 Å². The summed E-state index contributed by atoms with van der Waals surface area (Å²) in [5.74, 6) is 0.392. The summed E-state index contributed by atoms with van der Waals surface area (Å²) in [6.07, 6.45) is 5.82. The van der Waals surface area contributed by atoms with Gasteiger partial charge in [0.1, 0.15) is 11.6 Å². The van der Waals surface area contributed by atoms with Crippen molar-refractivity contribution in [1.29, 1.82) is 0 Å². The zero-order chi connectivity index (χ0) is 14.1. The molecule has 0 aromatic heterocycles. The third-order valence-electron chi connectivity index (χ3n) is 3.38. The predicted octanol–water partition coefficient (Wildman–Crippen LogP) is 4.46. The zero-order valence-corrected chi connectivity index (χ0v) is 12.3. The standard InChI is InChI=1S/C16H26FNO/c1-4-6-7-8-9-16(18-5-2)14-11-10-13(19-3)12-15(14)17/h10-12,16,18H,4-9H2,1-3H3. The van der Waals surface area contributed by atoms with Crippen molar-refractivity contribution in [3.8, 4) is 5.75 Å². The molecule has 1 unspecified atom stereocenters. The van der Waals surface area contributed by atoms with Crippen LogP contribution in [0.3, 0.4) is 0 Å². The highest BCUT2D eigenvalue weighted by Gasteiger charge is 2.15. The van der Waals surface area contributed by atoms with Crippen LogP contribution in [0, 0.1) is 5.82 Å². The van der Waals surface area contributed by atoms with Gasteiger partial charge in [0.2, 0.25) is 0 Å². The second kappa shape index (κ2) is 8.92. The first-order valence-corrected chi connectivity index (χ1v) is 7.29. The summed E-state index contributed by atoms with van der Waals surface area (Å²) in [6.45, 7) is 5.11. The Morgan fingerprint density at radius 1 is 1.21 bits per heavy atom. The van der Waals surface area contributed by atoms with Gasteiger partial charge in [0.25, 0.3) is 0 Å². The zero-order valence-electron chi connectivity index (χ0n) is 12.3. The van der Waals surface area contributed by atoms with E-state index in [1.165, 1.54) is 25.3 Å². The third-order valence-corrected chi connectivity index (χ3v) is 3.38. The van der Waals surface area contributed by atoms with Gasteiger partial charge in [-0.25, -0.2) is 4.39 Å². The highest BCUT2D eigenvalue weighted by Crippen LogP contribution is 2.25. The molecule has 0 heterocycles. The minimum atomic E-state index is -0.180. The van der Waals surface area contributed by atoms with Crippen LogP contribution in [0.1, 0.15) is 57.6 Å². The van der Waals surface area contributed by atoms with Gasteiger partial charge in [-0.15, -0.1) is 0 Å². The van der Waals surface area contributed by atoms with Crippen LogP contribution in [0.4, 0.5) is 4.39 Å². The Labute approximate surface area is 116 Å². The Morgan fingerprint density at radius 3 is 2.58 bits per heavy atom. The fourth-order valence-electron chi connectivity index (χ4n) is 2.31. The van der Waals surface area contributed by atoms with Gasteiger partial charge in [0.15, 0.2) is 0 Å². The van der Waals surface area contributed by atoms with Gasteiger partial charge in [-0.2, -0.15) is 0 Å². The highest BCUT2D eigenvalue weighted by molar-refractivity contribution is 5.30. The third kappa shape index (κ3) is 5.19. The van der Waals surface area contributed by atoms with Gasteiger partial charge in [0, 0.05) is 17.7 Å². The summed E-state index contributed by atoms with van der Waals surface area (Å²) in [6, 6.07) is 5.23. The molecule has 0 amide bonds. The van der Waals surface area contributed by atoms with E-state index < -0.39 is 0 Å². The quantitative estimate of drug-likeness (QED) is 0.667. The summed E-state index contributed by atoms with van der Waals surface area (Å²) in [7, 11) is 1.56. The van der Waals surface area contributed by atoms with Crippen molar-refractivity contribution in [3.05, 3.63) is 29.6 Å². The molecule has 108 valence electrons. The lowest BCUT2D eigenvalue weighted by Crippen LogP contribution is -2.22. The summed E-state index contributed by atoms with van der Waals surface area (Å²) >= 11 is 0.